The van der Waals surface area contributed by atoms with Crippen LogP contribution in [0.5, 0.6) is 0 Å². The van der Waals surface area contributed by atoms with Crippen molar-refractivity contribution in [3.05, 3.63) is 0 Å². The quantitative estimate of drug-likeness (QED) is 0.323. The van der Waals surface area contributed by atoms with E-state index in [0.29, 0.717) is 13.1 Å². The van der Waals surface area contributed by atoms with E-state index >= 15 is 0 Å². The maximum atomic E-state index is 12.5. The lowest BCUT2D eigenvalue weighted by Crippen LogP contribution is -2.50. The zero-order valence-corrected chi connectivity index (χ0v) is 12.4. The molecule has 0 saturated carbocycles. The summed E-state index contributed by atoms with van der Waals surface area (Å²) < 4.78 is 28.0. The van der Waals surface area contributed by atoms with Crippen LogP contribution in [0, 0.1) is 0 Å². The van der Waals surface area contributed by atoms with Crippen LogP contribution in [-0.2, 0) is 10.2 Å². The van der Waals surface area contributed by atoms with Gasteiger partial charge < -0.3 is 10.9 Å². The average Bonchev–Trinajstić information content (AvgIpc) is 2.39. The number of hydrogen-bond donors (Lipinski definition) is 2. The average molecular weight is 292 g/mol. The van der Waals surface area contributed by atoms with E-state index in [9.17, 15) is 8.42 Å². The van der Waals surface area contributed by atoms with Crippen LogP contribution < -0.4 is 5.73 Å². The molecule has 3 N–H and O–H groups in total. The molecule has 1 rings (SSSR count). The number of nitrogens with zero attached hydrogens (tertiary/aromatic N) is 3. The Morgan fingerprint density at radius 2 is 2.21 bits per heavy atom. The van der Waals surface area contributed by atoms with E-state index in [2.05, 4.69) is 5.16 Å². The van der Waals surface area contributed by atoms with Crippen molar-refractivity contribution in [1.29, 1.82) is 0 Å². The van der Waals surface area contributed by atoms with Crippen LogP contribution in [0.3, 0.4) is 0 Å². The molecule has 1 unspecified atom stereocenters. The first-order valence-electron chi connectivity index (χ1n) is 6.66. The Morgan fingerprint density at radius 3 is 2.74 bits per heavy atom. The first kappa shape index (κ1) is 16.2. The standard InChI is InChI=1S/C11H24N4O3S/c1-3-14(9-7-11(12)13-16)19(17,18)15-8-5-4-6-10(15)2/h10,16H,3-9H2,1-2H3,(H2,12,13). The summed E-state index contributed by atoms with van der Waals surface area (Å²) >= 11 is 0. The van der Waals surface area contributed by atoms with Crippen LogP contribution in [0.4, 0.5) is 0 Å². The maximum Gasteiger partial charge on any atom is 0.282 e. The van der Waals surface area contributed by atoms with E-state index in [4.69, 9.17) is 10.9 Å². The molecule has 1 fully saturated rings. The summed E-state index contributed by atoms with van der Waals surface area (Å²) in [5.74, 6) is 0.0420. The van der Waals surface area contributed by atoms with Gasteiger partial charge in [0, 0.05) is 32.1 Å². The molecule has 1 saturated heterocycles. The van der Waals surface area contributed by atoms with Crippen LogP contribution in [0.2, 0.25) is 0 Å². The molecule has 0 aliphatic carbocycles. The molecular formula is C11H24N4O3S. The van der Waals surface area contributed by atoms with Crippen LogP contribution in [-0.4, -0.2) is 53.7 Å². The number of amidine groups is 1. The van der Waals surface area contributed by atoms with Crippen molar-refractivity contribution >= 4 is 16.0 Å². The third kappa shape index (κ3) is 4.05. The van der Waals surface area contributed by atoms with Gasteiger partial charge >= 0.3 is 0 Å². The molecule has 0 aromatic heterocycles. The highest BCUT2D eigenvalue weighted by Crippen LogP contribution is 2.22. The third-order valence-corrected chi connectivity index (χ3v) is 5.69. The second kappa shape index (κ2) is 7.06. The predicted octanol–water partition coefficient (Wildman–Crippen LogP) is 0.564. The third-order valence-electron chi connectivity index (χ3n) is 3.46. The summed E-state index contributed by atoms with van der Waals surface area (Å²) in [5, 5.41) is 11.4. The largest absolute Gasteiger partial charge is 0.409 e. The predicted molar refractivity (Wildman–Crippen MR) is 74.2 cm³/mol. The molecular weight excluding hydrogens is 268 g/mol. The fourth-order valence-electron chi connectivity index (χ4n) is 2.29. The zero-order chi connectivity index (χ0) is 14.5. The van der Waals surface area contributed by atoms with E-state index in [-0.39, 0.29) is 24.8 Å². The van der Waals surface area contributed by atoms with Gasteiger partial charge in [-0.05, 0) is 19.8 Å². The molecule has 0 aromatic carbocycles. The van der Waals surface area contributed by atoms with Gasteiger partial charge in [0.2, 0.25) is 0 Å². The smallest absolute Gasteiger partial charge is 0.282 e. The normalized spacial score (nSPS) is 22.9. The lowest BCUT2D eigenvalue weighted by Gasteiger charge is -2.36. The van der Waals surface area contributed by atoms with E-state index < -0.39 is 10.2 Å². The highest BCUT2D eigenvalue weighted by molar-refractivity contribution is 7.86. The van der Waals surface area contributed by atoms with Gasteiger partial charge in [0.15, 0.2) is 0 Å². The summed E-state index contributed by atoms with van der Waals surface area (Å²) in [6, 6.07) is 0.0386. The Morgan fingerprint density at radius 1 is 1.53 bits per heavy atom. The van der Waals surface area contributed by atoms with E-state index in [1.165, 1.54) is 4.31 Å². The van der Waals surface area contributed by atoms with Crippen molar-refractivity contribution in [2.75, 3.05) is 19.6 Å². The summed E-state index contributed by atoms with van der Waals surface area (Å²) in [6.45, 7) is 4.91. The second-order valence-corrected chi connectivity index (χ2v) is 6.68. The zero-order valence-electron chi connectivity index (χ0n) is 11.6. The molecule has 8 heteroatoms. The minimum Gasteiger partial charge on any atom is -0.409 e. The molecule has 112 valence electrons. The minimum atomic E-state index is -3.45. The molecule has 0 bridgehead atoms. The minimum absolute atomic E-state index is 0.0386. The number of oxime groups is 1. The van der Waals surface area contributed by atoms with Gasteiger partial charge in [0.05, 0.1) is 0 Å². The molecule has 1 aliphatic rings. The molecule has 1 aliphatic heterocycles. The number of hydrogen-bond acceptors (Lipinski definition) is 4. The Kier molecular flexibility index (Phi) is 6.02. The molecule has 1 atom stereocenters. The Bertz CT molecular complexity index is 410. The highest BCUT2D eigenvalue weighted by atomic mass is 32.2. The van der Waals surface area contributed by atoms with Gasteiger partial charge in [0.1, 0.15) is 5.84 Å². The van der Waals surface area contributed by atoms with Crippen molar-refractivity contribution < 1.29 is 13.6 Å². The SMILES string of the molecule is CCN(CCC(N)=NO)S(=O)(=O)N1CCCCC1C. The fraction of sp³-hybridized carbons (Fsp3) is 0.909. The molecule has 0 aromatic rings. The first-order valence-corrected chi connectivity index (χ1v) is 8.06. The lowest BCUT2D eigenvalue weighted by molar-refractivity contribution is 0.246. The second-order valence-electron chi connectivity index (χ2n) is 4.80. The monoisotopic (exact) mass is 292 g/mol. The number of rotatable bonds is 6. The number of piperidine rings is 1. The summed E-state index contributed by atoms with van der Waals surface area (Å²) in [7, 11) is -3.45. The van der Waals surface area contributed by atoms with Crippen molar-refractivity contribution in [2.45, 2.75) is 45.6 Å². The van der Waals surface area contributed by atoms with Gasteiger partial charge in [-0.25, -0.2) is 0 Å². The van der Waals surface area contributed by atoms with Gasteiger partial charge in [-0.3, -0.25) is 0 Å². The van der Waals surface area contributed by atoms with Crippen LogP contribution in [0.25, 0.3) is 0 Å². The molecule has 0 spiro atoms. The Balaban J connectivity index is 2.77. The molecule has 0 amide bonds. The summed E-state index contributed by atoms with van der Waals surface area (Å²) in [4.78, 5) is 0. The topological polar surface area (TPSA) is 99.2 Å². The van der Waals surface area contributed by atoms with E-state index in [1.54, 1.807) is 11.2 Å². The molecule has 1 heterocycles. The van der Waals surface area contributed by atoms with Crippen LogP contribution in [0.1, 0.15) is 39.5 Å². The molecule has 7 nitrogen and oxygen atoms in total. The van der Waals surface area contributed by atoms with Crippen LogP contribution >= 0.6 is 0 Å². The van der Waals surface area contributed by atoms with Crippen molar-refractivity contribution in [3.63, 3.8) is 0 Å². The van der Waals surface area contributed by atoms with E-state index in [1.807, 2.05) is 6.92 Å². The van der Waals surface area contributed by atoms with Gasteiger partial charge in [-0.2, -0.15) is 17.0 Å². The molecule has 19 heavy (non-hydrogen) atoms. The lowest BCUT2D eigenvalue weighted by atomic mass is 10.1. The van der Waals surface area contributed by atoms with E-state index in [0.717, 1.165) is 19.3 Å². The fourth-order valence-corrected chi connectivity index (χ4v) is 4.15. The van der Waals surface area contributed by atoms with Gasteiger partial charge in [-0.15, -0.1) is 0 Å². The van der Waals surface area contributed by atoms with Gasteiger partial charge in [0.25, 0.3) is 10.2 Å². The summed E-state index contributed by atoms with van der Waals surface area (Å²) in [6.07, 6.45) is 3.10. The van der Waals surface area contributed by atoms with Crippen molar-refractivity contribution in [3.8, 4) is 0 Å². The summed E-state index contributed by atoms with van der Waals surface area (Å²) in [5.41, 5.74) is 5.39. The molecule has 0 radical (unpaired) electrons. The Hall–Kier alpha value is -0.860. The van der Waals surface area contributed by atoms with Crippen molar-refractivity contribution in [1.82, 2.24) is 8.61 Å². The Labute approximate surface area is 115 Å². The highest BCUT2D eigenvalue weighted by Gasteiger charge is 2.33. The number of nitrogens with two attached hydrogens (primary N) is 1. The van der Waals surface area contributed by atoms with Gasteiger partial charge in [-0.1, -0.05) is 18.5 Å². The van der Waals surface area contributed by atoms with Crippen molar-refractivity contribution in [2.24, 2.45) is 10.9 Å². The maximum absolute atomic E-state index is 12.5. The van der Waals surface area contributed by atoms with Crippen LogP contribution in [0.15, 0.2) is 5.16 Å². The first-order chi connectivity index (χ1) is 8.93.